The fourth-order valence-corrected chi connectivity index (χ4v) is 3.46. The molecule has 2 heteroatoms. The van der Waals surface area contributed by atoms with Crippen LogP contribution in [0.25, 0.3) is 0 Å². The summed E-state index contributed by atoms with van der Waals surface area (Å²) < 4.78 is 0. The van der Waals surface area contributed by atoms with Crippen LogP contribution in [0.2, 0.25) is 0 Å². The van der Waals surface area contributed by atoms with E-state index < -0.39 is 0 Å². The van der Waals surface area contributed by atoms with Gasteiger partial charge < -0.3 is 10.0 Å². The van der Waals surface area contributed by atoms with Crippen molar-refractivity contribution in [2.75, 3.05) is 20.2 Å². The molecule has 0 amide bonds. The van der Waals surface area contributed by atoms with Gasteiger partial charge in [-0.1, -0.05) is 58.2 Å². The zero-order chi connectivity index (χ0) is 23.6. The monoisotopic (exact) mass is 429 g/mol. The predicted octanol–water partition coefficient (Wildman–Crippen LogP) is 8.17. The average molecular weight is 430 g/mol. The summed E-state index contributed by atoms with van der Waals surface area (Å²) >= 11 is 0. The van der Waals surface area contributed by atoms with Crippen LogP contribution >= 0.6 is 0 Å². The number of allylic oxidation sites excluding steroid dienone is 8. The number of hydrogen-bond acceptors (Lipinski definition) is 2. The number of rotatable bonds is 16. The van der Waals surface area contributed by atoms with Crippen LogP contribution in [0.3, 0.4) is 0 Å². The first-order valence-electron chi connectivity index (χ1n) is 12.2. The Morgan fingerprint density at radius 1 is 0.645 bits per heavy atom. The first-order chi connectivity index (χ1) is 14.6. The molecule has 0 spiro atoms. The number of likely N-dealkylation sites (N-methyl/N-ethyl adjacent to an activating group) is 1. The molecule has 31 heavy (non-hydrogen) atoms. The van der Waals surface area contributed by atoms with Crippen molar-refractivity contribution < 1.29 is 5.11 Å². The van der Waals surface area contributed by atoms with Crippen LogP contribution in [0.4, 0.5) is 0 Å². The fraction of sp³-hybridized carbons (Fsp3) is 0.655. The summed E-state index contributed by atoms with van der Waals surface area (Å²) in [7, 11) is 2.13. The highest BCUT2D eigenvalue weighted by molar-refractivity contribution is 5.06. The van der Waals surface area contributed by atoms with Gasteiger partial charge >= 0.3 is 0 Å². The molecule has 178 valence electrons. The largest absolute Gasteiger partial charge is 0.395 e. The molecule has 0 aliphatic carbocycles. The molecule has 0 aromatic heterocycles. The highest BCUT2D eigenvalue weighted by Gasteiger charge is 2.11. The molecule has 0 fully saturated rings. The first-order valence-corrected chi connectivity index (χ1v) is 12.2. The van der Waals surface area contributed by atoms with Gasteiger partial charge in [-0.2, -0.15) is 0 Å². The summed E-state index contributed by atoms with van der Waals surface area (Å²) in [6.45, 7) is 16.5. The predicted molar refractivity (Wildman–Crippen MR) is 141 cm³/mol. The van der Waals surface area contributed by atoms with E-state index in [0.717, 1.165) is 57.9 Å². The standard InChI is InChI=1S/C29H51NO/c1-24(2)13-9-15-26(5)17-11-18-28(7)20-21-29(23-31)30(8)22-12-19-27(6)16-10-14-25(3)4/h13-14,17,19-20,29,31H,9-12,15-16,18,21-23H2,1-8H3. The van der Waals surface area contributed by atoms with Crippen LogP contribution < -0.4 is 0 Å². The maximum Gasteiger partial charge on any atom is 0.0589 e. The van der Waals surface area contributed by atoms with Gasteiger partial charge in [-0.25, -0.2) is 0 Å². The van der Waals surface area contributed by atoms with Crippen molar-refractivity contribution in [1.29, 1.82) is 0 Å². The minimum Gasteiger partial charge on any atom is -0.395 e. The van der Waals surface area contributed by atoms with E-state index in [9.17, 15) is 5.11 Å². The maximum atomic E-state index is 9.85. The Balaban J connectivity index is 4.34. The zero-order valence-corrected chi connectivity index (χ0v) is 21.9. The molecule has 1 unspecified atom stereocenters. The molecule has 0 aromatic rings. The van der Waals surface area contributed by atoms with Crippen LogP contribution in [-0.4, -0.2) is 36.2 Å². The molecular weight excluding hydrogens is 378 g/mol. The van der Waals surface area contributed by atoms with Gasteiger partial charge in [0.15, 0.2) is 0 Å². The zero-order valence-electron chi connectivity index (χ0n) is 21.9. The third kappa shape index (κ3) is 17.9. The Morgan fingerprint density at radius 2 is 1.06 bits per heavy atom. The molecule has 0 heterocycles. The second-order valence-corrected chi connectivity index (χ2v) is 9.67. The Labute approximate surface area is 194 Å². The second kappa shape index (κ2) is 18.2. The summed E-state index contributed by atoms with van der Waals surface area (Å²) in [4.78, 5) is 2.30. The Hall–Kier alpha value is -1.38. The average Bonchev–Trinajstić information content (AvgIpc) is 2.67. The molecule has 2 nitrogen and oxygen atoms in total. The highest BCUT2D eigenvalue weighted by atomic mass is 16.3. The molecule has 0 aromatic carbocycles. The SMILES string of the molecule is CC(C)=CCCC(C)=CCCC(C)=CCC(CO)N(C)CCC=C(C)CCC=C(C)C. The Morgan fingerprint density at radius 3 is 1.52 bits per heavy atom. The van der Waals surface area contributed by atoms with Crippen LogP contribution in [0.1, 0.15) is 99.8 Å². The molecule has 1 N–H and O–H groups in total. The van der Waals surface area contributed by atoms with Gasteiger partial charge in [0, 0.05) is 12.6 Å². The van der Waals surface area contributed by atoms with E-state index >= 15 is 0 Å². The molecule has 0 aliphatic rings. The summed E-state index contributed by atoms with van der Waals surface area (Å²) in [5.74, 6) is 0. The van der Waals surface area contributed by atoms with E-state index in [2.05, 4.69) is 90.8 Å². The van der Waals surface area contributed by atoms with E-state index in [0.29, 0.717) is 0 Å². The third-order valence-electron chi connectivity index (χ3n) is 5.76. The molecule has 0 radical (unpaired) electrons. The minimum absolute atomic E-state index is 0.204. The lowest BCUT2D eigenvalue weighted by molar-refractivity contribution is 0.150. The molecule has 0 saturated carbocycles. The van der Waals surface area contributed by atoms with Crippen molar-refractivity contribution in [3.8, 4) is 0 Å². The van der Waals surface area contributed by atoms with Crippen molar-refractivity contribution in [3.05, 3.63) is 58.2 Å². The van der Waals surface area contributed by atoms with Gasteiger partial charge in [0.05, 0.1) is 6.61 Å². The number of aliphatic hydroxyl groups is 1. The van der Waals surface area contributed by atoms with E-state index in [4.69, 9.17) is 0 Å². The number of nitrogens with zero attached hydrogens (tertiary/aromatic N) is 1. The third-order valence-corrected chi connectivity index (χ3v) is 5.76. The van der Waals surface area contributed by atoms with Crippen molar-refractivity contribution in [2.24, 2.45) is 0 Å². The van der Waals surface area contributed by atoms with Crippen LogP contribution in [-0.2, 0) is 0 Å². The van der Waals surface area contributed by atoms with E-state index in [1.807, 2.05) is 0 Å². The molecule has 1 atom stereocenters. The maximum absolute atomic E-state index is 9.85. The van der Waals surface area contributed by atoms with Gasteiger partial charge in [0.1, 0.15) is 0 Å². The van der Waals surface area contributed by atoms with E-state index in [-0.39, 0.29) is 12.6 Å². The highest BCUT2D eigenvalue weighted by Crippen LogP contribution is 2.14. The minimum atomic E-state index is 0.204. The lowest BCUT2D eigenvalue weighted by Crippen LogP contribution is -2.35. The summed E-state index contributed by atoms with van der Waals surface area (Å²) in [6, 6.07) is 0.204. The molecule has 0 aliphatic heterocycles. The Kier molecular flexibility index (Phi) is 17.4. The smallest absolute Gasteiger partial charge is 0.0589 e. The summed E-state index contributed by atoms with van der Waals surface area (Å²) in [5, 5.41) is 9.85. The van der Waals surface area contributed by atoms with Gasteiger partial charge in [0.25, 0.3) is 0 Å². The summed E-state index contributed by atoms with van der Waals surface area (Å²) in [5.41, 5.74) is 7.18. The quantitative estimate of drug-likeness (QED) is 0.250. The molecular formula is C29H51NO. The van der Waals surface area contributed by atoms with E-state index in [1.165, 1.54) is 27.9 Å². The Bertz CT molecular complexity index is 625. The first kappa shape index (κ1) is 29.6. The van der Waals surface area contributed by atoms with Gasteiger partial charge in [0.2, 0.25) is 0 Å². The lowest BCUT2D eigenvalue weighted by Gasteiger charge is -2.25. The van der Waals surface area contributed by atoms with Crippen molar-refractivity contribution in [1.82, 2.24) is 4.90 Å². The van der Waals surface area contributed by atoms with Crippen molar-refractivity contribution in [2.45, 2.75) is 106 Å². The lowest BCUT2D eigenvalue weighted by atomic mass is 10.0. The second-order valence-electron chi connectivity index (χ2n) is 9.67. The van der Waals surface area contributed by atoms with Crippen LogP contribution in [0, 0.1) is 0 Å². The van der Waals surface area contributed by atoms with Crippen LogP contribution in [0.5, 0.6) is 0 Å². The topological polar surface area (TPSA) is 23.5 Å². The molecule has 0 rings (SSSR count). The summed E-state index contributed by atoms with van der Waals surface area (Å²) in [6.07, 6.45) is 20.5. The van der Waals surface area contributed by atoms with Gasteiger partial charge in [-0.05, 0) is 107 Å². The van der Waals surface area contributed by atoms with Crippen molar-refractivity contribution in [3.63, 3.8) is 0 Å². The van der Waals surface area contributed by atoms with Crippen LogP contribution in [0.15, 0.2) is 58.2 Å². The molecule has 0 saturated heterocycles. The van der Waals surface area contributed by atoms with E-state index in [1.54, 1.807) is 0 Å². The molecule has 0 bridgehead atoms. The normalized spacial score (nSPS) is 14.1. The van der Waals surface area contributed by atoms with Gasteiger partial charge in [-0.3, -0.25) is 0 Å². The fourth-order valence-electron chi connectivity index (χ4n) is 3.46. The van der Waals surface area contributed by atoms with Gasteiger partial charge in [-0.15, -0.1) is 0 Å². The number of hydrogen-bond donors (Lipinski definition) is 1. The number of aliphatic hydroxyl groups excluding tert-OH is 1. The van der Waals surface area contributed by atoms with Crippen molar-refractivity contribution >= 4 is 0 Å².